The molecule has 5 rings (SSSR count). The van der Waals surface area contributed by atoms with Crippen LogP contribution in [-0.2, 0) is 7.05 Å². The molecule has 0 saturated carbocycles. The first kappa shape index (κ1) is 22.1. The summed E-state index contributed by atoms with van der Waals surface area (Å²) >= 11 is 0. The monoisotopic (exact) mass is 460 g/mol. The van der Waals surface area contributed by atoms with E-state index >= 15 is 0 Å². The third-order valence-corrected chi connectivity index (χ3v) is 5.82. The molecular formula is C28H24N6O. The number of hydrogen-bond acceptors (Lipinski definition) is 6. The largest absolute Gasteiger partial charge is 0.436 e. The molecule has 3 aromatic heterocycles. The first-order chi connectivity index (χ1) is 16.9. The number of nitrogens with zero attached hydrogens (tertiary/aromatic N) is 5. The van der Waals surface area contributed by atoms with Gasteiger partial charge in [-0.05, 0) is 86.0 Å². The van der Waals surface area contributed by atoms with Crippen molar-refractivity contribution in [2.24, 2.45) is 7.05 Å². The van der Waals surface area contributed by atoms with Crippen LogP contribution in [0.25, 0.3) is 22.3 Å². The van der Waals surface area contributed by atoms with Gasteiger partial charge >= 0.3 is 0 Å². The number of fused-ring (bicyclic) bond motifs is 1. The van der Waals surface area contributed by atoms with Crippen molar-refractivity contribution in [3.63, 3.8) is 0 Å². The van der Waals surface area contributed by atoms with Gasteiger partial charge in [0.05, 0.1) is 22.8 Å². The van der Waals surface area contributed by atoms with E-state index in [0.717, 1.165) is 50.4 Å². The molecule has 5 aromatic rings. The lowest BCUT2D eigenvalue weighted by Crippen LogP contribution is -2.02. The summed E-state index contributed by atoms with van der Waals surface area (Å²) in [6.07, 6.45) is 3.81. The van der Waals surface area contributed by atoms with Gasteiger partial charge in [0.1, 0.15) is 11.3 Å². The van der Waals surface area contributed by atoms with Crippen LogP contribution < -0.4 is 10.1 Å². The molecule has 1 N–H and O–H groups in total. The minimum atomic E-state index is 0.416. The lowest BCUT2D eigenvalue weighted by molar-refractivity contribution is 0.459. The van der Waals surface area contributed by atoms with Crippen LogP contribution in [0.5, 0.6) is 11.6 Å². The molecule has 0 unspecified atom stereocenters. The molecule has 0 fully saturated rings. The number of ether oxygens (including phenoxy) is 1. The van der Waals surface area contributed by atoms with Gasteiger partial charge < -0.3 is 14.6 Å². The maximum absolute atomic E-state index is 9.04. The Labute approximate surface area is 203 Å². The fourth-order valence-corrected chi connectivity index (χ4v) is 4.03. The van der Waals surface area contributed by atoms with Crippen LogP contribution in [-0.4, -0.2) is 19.5 Å². The molecule has 0 aliphatic carbocycles. The van der Waals surface area contributed by atoms with Gasteiger partial charge in [-0.3, -0.25) is 4.98 Å². The molecule has 0 radical (unpaired) electrons. The first-order valence-corrected chi connectivity index (χ1v) is 11.2. The fraction of sp³-hybridized carbons (Fsp3) is 0.143. The Kier molecular flexibility index (Phi) is 5.63. The first-order valence-electron chi connectivity index (χ1n) is 11.2. The summed E-state index contributed by atoms with van der Waals surface area (Å²) in [6.45, 7) is 6.08. The molecule has 0 aliphatic heterocycles. The minimum Gasteiger partial charge on any atom is -0.436 e. The van der Waals surface area contributed by atoms with Crippen LogP contribution in [0.15, 0.2) is 67.0 Å². The molecule has 0 bridgehead atoms. The van der Waals surface area contributed by atoms with Gasteiger partial charge in [-0.25, -0.2) is 4.98 Å². The van der Waals surface area contributed by atoms with E-state index in [4.69, 9.17) is 15.0 Å². The van der Waals surface area contributed by atoms with Gasteiger partial charge in [0.2, 0.25) is 11.8 Å². The van der Waals surface area contributed by atoms with Crippen molar-refractivity contribution < 1.29 is 4.74 Å². The average molecular weight is 461 g/mol. The second-order valence-corrected chi connectivity index (χ2v) is 8.59. The molecule has 172 valence electrons. The molecule has 7 nitrogen and oxygen atoms in total. The Bertz CT molecular complexity index is 1550. The number of anilines is 2. The Morgan fingerprint density at radius 2 is 1.69 bits per heavy atom. The van der Waals surface area contributed by atoms with Crippen molar-refractivity contribution in [3.05, 3.63) is 89.2 Å². The van der Waals surface area contributed by atoms with Gasteiger partial charge in [0.25, 0.3) is 0 Å². The van der Waals surface area contributed by atoms with Crippen molar-refractivity contribution >= 4 is 22.7 Å². The lowest BCUT2D eigenvalue weighted by Gasteiger charge is -2.15. The molecule has 0 spiro atoms. The highest BCUT2D eigenvalue weighted by atomic mass is 16.5. The molecule has 2 aromatic carbocycles. The minimum absolute atomic E-state index is 0.416. The second-order valence-electron chi connectivity index (χ2n) is 8.59. The topological polar surface area (TPSA) is 88.6 Å². The number of hydrogen-bond donors (Lipinski definition) is 1. The zero-order chi connectivity index (χ0) is 24.5. The van der Waals surface area contributed by atoms with Crippen LogP contribution in [0.3, 0.4) is 0 Å². The molecule has 35 heavy (non-hydrogen) atoms. The number of aromatic nitrogens is 4. The zero-order valence-corrected chi connectivity index (χ0v) is 20.0. The third kappa shape index (κ3) is 4.42. The van der Waals surface area contributed by atoms with E-state index in [1.54, 1.807) is 12.1 Å². The number of nitrogens with one attached hydrogen (secondary N) is 1. The average Bonchev–Trinajstić information content (AvgIpc) is 3.23. The Morgan fingerprint density at radius 3 is 2.34 bits per heavy atom. The van der Waals surface area contributed by atoms with E-state index in [9.17, 15) is 0 Å². The van der Waals surface area contributed by atoms with Crippen LogP contribution in [0.4, 0.5) is 11.6 Å². The van der Waals surface area contributed by atoms with Crippen molar-refractivity contribution in [3.8, 4) is 29.0 Å². The summed E-state index contributed by atoms with van der Waals surface area (Å²) < 4.78 is 8.39. The van der Waals surface area contributed by atoms with Gasteiger partial charge in [-0.1, -0.05) is 6.07 Å². The van der Waals surface area contributed by atoms with E-state index < -0.39 is 0 Å². The smallest absolute Gasteiger partial charge is 0.249 e. The summed E-state index contributed by atoms with van der Waals surface area (Å²) in [5.74, 6) is 1.64. The summed E-state index contributed by atoms with van der Waals surface area (Å²) in [6, 6.07) is 19.5. The van der Waals surface area contributed by atoms with E-state index in [2.05, 4.69) is 39.6 Å². The second kappa shape index (κ2) is 8.92. The maximum atomic E-state index is 9.04. The molecular weight excluding hydrogens is 436 g/mol. The Hall–Kier alpha value is -4.70. The summed E-state index contributed by atoms with van der Waals surface area (Å²) in [7, 11) is 1.94. The molecule has 3 heterocycles. The molecule has 7 heteroatoms. The predicted octanol–water partition coefficient (Wildman–Crippen LogP) is 6.36. The van der Waals surface area contributed by atoms with E-state index in [-0.39, 0.29) is 0 Å². The number of benzene rings is 2. The standard InChI is InChI=1S/C28H24N6O/c1-17-5-10-23(30-16-17)21-13-18(2)26(19(3)14-21)35-27-25-24(11-12-34(25)4)32-28(33-27)31-22-8-6-20(15-29)7-9-22/h5-14,16H,1-4H3,(H,31,32,33). The summed E-state index contributed by atoms with van der Waals surface area (Å²) in [5.41, 5.74) is 8.03. The predicted molar refractivity (Wildman–Crippen MR) is 137 cm³/mol. The molecule has 0 saturated heterocycles. The number of aryl methyl sites for hydroxylation is 4. The molecule has 0 amide bonds. The van der Waals surface area contributed by atoms with Crippen molar-refractivity contribution in [2.75, 3.05) is 5.32 Å². The lowest BCUT2D eigenvalue weighted by atomic mass is 10.0. The van der Waals surface area contributed by atoms with E-state index in [1.807, 2.05) is 69.0 Å². The normalized spacial score (nSPS) is 10.8. The Balaban J connectivity index is 1.52. The highest BCUT2D eigenvalue weighted by Gasteiger charge is 2.17. The summed E-state index contributed by atoms with van der Waals surface area (Å²) in [4.78, 5) is 13.9. The van der Waals surface area contributed by atoms with E-state index in [1.165, 1.54) is 0 Å². The van der Waals surface area contributed by atoms with Crippen molar-refractivity contribution in [1.29, 1.82) is 5.26 Å². The van der Waals surface area contributed by atoms with Crippen LogP contribution in [0.1, 0.15) is 22.3 Å². The molecule has 0 aliphatic rings. The number of pyridine rings is 1. The number of rotatable bonds is 5. The van der Waals surface area contributed by atoms with Gasteiger partial charge in [-0.2, -0.15) is 10.2 Å². The van der Waals surface area contributed by atoms with Crippen LogP contribution in [0.2, 0.25) is 0 Å². The maximum Gasteiger partial charge on any atom is 0.249 e. The van der Waals surface area contributed by atoms with Crippen LogP contribution in [0, 0.1) is 32.1 Å². The van der Waals surface area contributed by atoms with Crippen molar-refractivity contribution in [2.45, 2.75) is 20.8 Å². The summed E-state index contributed by atoms with van der Waals surface area (Å²) in [5, 5.41) is 12.3. The SMILES string of the molecule is Cc1ccc(-c2cc(C)c(Oc3nc(Nc4ccc(C#N)cc4)nc4ccn(C)c34)c(C)c2)nc1. The highest BCUT2D eigenvalue weighted by molar-refractivity contribution is 5.83. The third-order valence-electron chi connectivity index (χ3n) is 5.82. The quantitative estimate of drug-likeness (QED) is 0.328. The van der Waals surface area contributed by atoms with Crippen LogP contribution >= 0.6 is 0 Å². The fourth-order valence-electron chi connectivity index (χ4n) is 4.03. The Morgan fingerprint density at radius 1 is 0.943 bits per heavy atom. The van der Waals surface area contributed by atoms with E-state index in [0.29, 0.717) is 17.4 Å². The van der Waals surface area contributed by atoms with Gasteiger partial charge in [0.15, 0.2) is 0 Å². The molecule has 0 atom stereocenters. The zero-order valence-electron chi connectivity index (χ0n) is 20.0. The van der Waals surface area contributed by atoms with Gasteiger partial charge in [0, 0.05) is 30.7 Å². The highest BCUT2D eigenvalue weighted by Crippen LogP contribution is 2.35. The van der Waals surface area contributed by atoms with Gasteiger partial charge in [-0.15, -0.1) is 0 Å². The number of nitriles is 1. The van der Waals surface area contributed by atoms with Crippen molar-refractivity contribution in [1.82, 2.24) is 19.5 Å².